The third kappa shape index (κ3) is 4.98. The smallest absolute Gasteiger partial charge is 0.120 e. The summed E-state index contributed by atoms with van der Waals surface area (Å²) in [6.07, 6.45) is 2.53. The van der Waals surface area contributed by atoms with Crippen LogP contribution in [0.5, 0.6) is 11.5 Å². The molecular formula is C20H25NO3. The molecule has 1 aliphatic heterocycles. The van der Waals surface area contributed by atoms with Gasteiger partial charge in [0.05, 0.1) is 6.10 Å². The Kier molecular flexibility index (Phi) is 6.10. The van der Waals surface area contributed by atoms with Crippen LogP contribution in [0.1, 0.15) is 18.4 Å². The van der Waals surface area contributed by atoms with Crippen LogP contribution in [0, 0.1) is 0 Å². The molecule has 0 aliphatic carbocycles. The van der Waals surface area contributed by atoms with Crippen molar-refractivity contribution in [2.45, 2.75) is 25.5 Å². The fourth-order valence-corrected chi connectivity index (χ4v) is 3.01. The first-order valence-corrected chi connectivity index (χ1v) is 8.60. The lowest BCUT2D eigenvalue weighted by molar-refractivity contribution is 0.0651. The fraction of sp³-hybridized carbons (Fsp3) is 0.400. The monoisotopic (exact) mass is 327 g/mol. The highest BCUT2D eigenvalue weighted by molar-refractivity contribution is 5.31. The van der Waals surface area contributed by atoms with Crippen molar-refractivity contribution in [2.24, 2.45) is 0 Å². The number of aromatic hydroxyl groups is 1. The van der Waals surface area contributed by atoms with Crippen LogP contribution in [-0.2, 0) is 11.3 Å². The lowest BCUT2D eigenvalue weighted by Gasteiger charge is -2.25. The van der Waals surface area contributed by atoms with Crippen LogP contribution in [0.2, 0.25) is 0 Å². The minimum absolute atomic E-state index is 0.285. The van der Waals surface area contributed by atoms with E-state index in [1.807, 2.05) is 48.5 Å². The Morgan fingerprint density at radius 3 is 2.62 bits per heavy atom. The third-order valence-electron chi connectivity index (χ3n) is 4.29. The van der Waals surface area contributed by atoms with Crippen LogP contribution in [0.25, 0.3) is 0 Å². The maximum absolute atomic E-state index is 10.0. The first-order valence-electron chi connectivity index (χ1n) is 8.60. The SMILES string of the molecule is Oc1ccccc1CN(CCOc1ccccc1)CC1CCCO1. The van der Waals surface area contributed by atoms with Crippen LogP contribution < -0.4 is 4.74 Å². The normalized spacial score (nSPS) is 17.3. The van der Waals surface area contributed by atoms with Gasteiger partial charge in [-0.25, -0.2) is 0 Å². The number of hydrogen-bond donors (Lipinski definition) is 1. The second-order valence-corrected chi connectivity index (χ2v) is 6.16. The Labute approximate surface area is 143 Å². The van der Waals surface area contributed by atoms with Crippen molar-refractivity contribution in [3.8, 4) is 11.5 Å². The van der Waals surface area contributed by atoms with Gasteiger partial charge in [0.15, 0.2) is 0 Å². The van der Waals surface area contributed by atoms with E-state index in [2.05, 4.69) is 4.90 Å². The average molecular weight is 327 g/mol. The number of nitrogens with zero attached hydrogens (tertiary/aromatic N) is 1. The van der Waals surface area contributed by atoms with Gasteiger partial charge in [-0.15, -0.1) is 0 Å². The van der Waals surface area contributed by atoms with E-state index in [0.29, 0.717) is 18.9 Å². The van der Waals surface area contributed by atoms with Gasteiger partial charge in [0.25, 0.3) is 0 Å². The van der Waals surface area contributed by atoms with Gasteiger partial charge >= 0.3 is 0 Å². The molecule has 0 spiro atoms. The predicted octanol–water partition coefficient (Wildman–Crippen LogP) is 3.45. The Hall–Kier alpha value is -2.04. The molecule has 0 amide bonds. The molecule has 2 aromatic carbocycles. The number of ether oxygens (including phenoxy) is 2. The molecule has 0 saturated carbocycles. The summed E-state index contributed by atoms with van der Waals surface area (Å²) in [6.45, 7) is 3.83. The molecule has 1 atom stereocenters. The van der Waals surface area contributed by atoms with Crippen LogP contribution >= 0.6 is 0 Å². The quantitative estimate of drug-likeness (QED) is 0.806. The van der Waals surface area contributed by atoms with E-state index >= 15 is 0 Å². The van der Waals surface area contributed by atoms with Crippen LogP contribution in [0.15, 0.2) is 54.6 Å². The summed E-state index contributed by atoms with van der Waals surface area (Å²) < 4.78 is 11.6. The summed E-state index contributed by atoms with van der Waals surface area (Å²) in [5, 5.41) is 10.0. The molecule has 1 saturated heterocycles. The molecule has 4 nitrogen and oxygen atoms in total. The number of benzene rings is 2. The second kappa shape index (κ2) is 8.71. The standard InChI is InChI=1S/C20H25NO3/c22-20-11-5-4-7-17(20)15-21(16-19-10-6-13-23-19)12-14-24-18-8-2-1-3-9-18/h1-5,7-9,11,19,22H,6,10,12-16H2. The van der Waals surface area contributed by atoms with Crippen LogP contribution in [0.4, 0.5) is 0 Å². The topological polar surface area (TPSA) is 41.9 Å². The van der Waals surface area contributed by atoms with Gasteiger partial charge in [0.2, 0.25) is 0 Å². The Morgan fingerprint density at radius 1 is 1.08 bits per heavy atom. The molecule has 1 N–H and O–H groups in total. The van der Waals surface area contributed by atoms with Crippen molar-refractivity contribution in [1.29, 1.82) is 0 Å². The van der Waals surface area contributed by atoms with E-state index < -0.39 is 0 Å². The summed E-state index contributed by atoms with van der Waals surface area (Å²) in [7, 11) is 0. The van der Waals surface area contributed by atoms with E-state index in [1.54, 1.807) is 6.07 Å². The summed E-state index contributed by atoms with van der Waals surface area (Å²) in [5.41, 5.74) is 0.940. The van der Waals surface area contributed by atoms with Gasteiger partial charge < -0.3 is 14.6 Å². The minimum Gasteiger partial charge on any atom is -0.508 e. The molecular weight excluding hydrogens is 302 g/mol. The molecule has 2 aromatic rings. The number of para-hydroxylation sites is 2. The van der Waals surface area contributed by atoms with Crippen LogP contribution in [-0.4, -0.2) is 42.4 Å². The molecule has 0 bridgehead atoms. The van der Waals surface area contributed by atoms with E-state index in [0.717, 1.165) is 43.9 Å². The summed E-state index contributed by atoms with van der Waals surface area (Å²) in [5.74, 6) is 1.23. The van der Waals surface area contributed by atoms with Crippen LogP contribution in [0.3, 0.4) is 0 Å². The molecule has 1 fully saturated rings. The highest BCUT2D eigenvalue weighted by atomic mass is 16.5. The zero-order valence-electron chi connectivity index (χ0n) is 13.9. The molecule has 24 heavy (non-hydrogen) atoms. The Bertz CT molecular complexity index is 611. The lowest BCUT2D eigenvalue weighted by Crippen LogP contribution is -2.35. The second-order valence-electron chi connectivity index (χ2n) is 6.16. The number of hydrogen-bond acceptors (Lipinski definition) is 4. The maximum Gasteiger partial charge on any atom is 0.120 e. The average Bonchev–Trinajstić information content (AvgIpc) is 3.11. The Morgan fingerprint density at radius 2 is 1.88 bits per heavy atom. The van der Waals surface area contributed by atoms with Crippen molar-refractivity contribution in [3.63, 3.8) is 0 Å². The molecule has 0 radical (unpaired) electrons. The van der Waals surface area contributed by atoms with Gasteiger partial charge in [0, 0.05) is 31.8 Å². The predicted molar refractivity (Wildman–Crippen MR) is 94.3 cm³/mol. The Balaban J connectivity index is 1.57. The third-order valence-corrected chi connectivity index (χ3v) is 4.29. The number of phenolic OH excluding ortho intramolecular Hbond substituents is 1. The fourth-order valence-electron chi connectivity index (χ4n) is 3.01. The van der Waals surface area contributed by atoms with Gasteiger partial charge in [0.1, 0.15) is 18.1 Å². The summed E-state index contributed by atoms with van der Waals surface area (Å²) >= 11 is 0. The lowest BCUT2D eigenvalue weighted by atomic mass is 10.1. The van der Waals surface area contributed by atoms with Gasteiger partial charge in [-0.1, -0.05) is 36.4 Å². The number of rotatable bonds is 8. The van der Waals surface area contributed by atoms with E-state index in [1.165, 1.54) is 0 Å². The first-order chi connectivity index (χ1) is 11.8. The van der Waals surface area contributed by atoms with Gasteiger partial charge in [-0.05, 0) is 31.0 Å². The first kappa shape index (κ1) is 16.8. The zero-order valence-corrected chi connectivity index (χ0v) is 13.9. The van der Waals surface area contributed by atoms with E-state index in [9.17, 15) is 5.11 Å². The zero-order chi connectivity index (χ0) is 16.6. The molecule has 1 unspecified atom stereocenters. The molecule has 0 aromatic heterocycles. The minimum atomic E-state index is 0.285. The van der Waals surface area contributed by atoms with Crippen molar-refractivity contribution in [2.75, 3.05) is 26.3 Å². The van der Waals surface area contributed by atoms with Crippen molar-refractivity contribution >= 4 is 0 Å². The maximum atomic E-state index is 10.0. The highest BCUT2D eigenvalue weighted by Crippen LogP contribution is 2.20. The molecule has 1 aliphatic rings. The van der Waals surface area contributed by atoms with Crippen molar-refractivity contribution in [3.05, 3.63) is 60.2 Å². The summed E-state index contributed by atoms with van der Waals surface area (Å²) in [4.78, 5) is 2.30. The molecule has 4 heteroatoms. The van der Waals surface area contributed by atoms with E-state index in [-0.39, 0.29) is 6.10 Å². The van der Waals surface area contributed by atoms with Gasteiger partial charge in [-0.3, -0.25) is 4.90 Å². The molecule has 3 rings (SSSR count). The molecule has 128 valence electrons. The largest absolute Gasteiger partial charge is 0.508 e. The van der Waals surface area contributed by atoms with Crippen molar-refractivity contribution < 1.29 is 14.6 Å². The molecule has 1 heterocycles. The summed E-state index contributed by atoms with van der Waals surface area (Å²) in [6, 6.07) is 17.4. The van der Waals surface area contributed by atoms with E-state index in [4.69, 9.17) is 9.47 Å². The highest BCUT2D eigenvalue weighted by Gasteiger charge is 2.20. The van der Waals surface area contributed by atoms with Crippen molar-refractivity contribution in [1.82, 2.24) is 4.90 Å². The number of phenols is 1. The van der Waals surface area contributed by atoms with Gasteiger partial charge in [-0.2, -0.15) is 0 Å².